The molecule has 0 bridgehead atoms. The molecule has 0 aliphatic heterocycles. The highest BCUT2D eigenvalue weighted by molar-refractivity contribution is 6.04. The maximum absolute atomic E-state index is 14.5. The lowest BCUT2D eigenvalue weighted by Crippen LogP contribution is -2.12. The Bertz CT molecular complexity index is 1280. The van der Waals surface area contributed by atoms with Gasteiger partial charge in [-0.05, 0) is 49.7 Å². The molecule has 3 heterocycles. The molecule has 5 nitrogen and oxygen atoms in total. The molecular weight excluding hydrogens is 398 g/mol. The fourth-order valence-electron chi connectivity index (χ4n) is 3.32. The summed E-state index contributed by atoms with van der Waals surface area (Å²) in [6.45, 7) is 4.02. The van der Waals surface area contributed by atoms with Crippen molar-refractivity contribution in [3.05, 3.63) is 95.2 Å². The largest absolute Gasteiger partial charge is 0.321 e. The lowest BCUT2D eigenvalue weighted by Gasteiger charge is -2.07. The van der Waals surface area contributed by atoms with Crippen LogP contribution in [0.4, 0.5) is 14.5 Å². The van der Waals surface area contributed by atoms with E-state index in [9.17, 15) is 13.6 Å². The van der Waals surface area contributed by atoms with Gasteiger partial charge in [-0.1, -0.05) is 25.1 Å². The van der Waals surface area contributed by atoms with Crippen LogP contribution >= 0.6 is 0 Å². The Labute approximate surface area is 178 Å². The SMILES string of the molecule is CCc1nc2ccc(NC(=O)c3ccc(/C(F)=C(\F)c4ccccn4)cc3)cn2c1C. The number of aromatic nitrogens is 3. The van der Waals surface area contributed by atoms with E-state index in [1.54, 1.807) is 18.2 Å². The van der Waals surface area contributed by atoms with Gasteiger partial charge in [-0.3, -0.25) is 9.78 Å². The number of carbonyl (C=O) groups is 1. The van der Waals surface area contributed by atoms with E-state index in [-0.39, 0.29) is 17.2 Å². The zero-order chi connectivity index (χ0) is 22.0. The minimum atomic E-state index is -1.05. The second-order valence-electron chi connectivity index (χ2n) is 7.02. The number of aryl methyl sites for hydroxylation is 2. The van der Waals surface area contributed by atoms with E-state index in [1.165, 1.54) is 36.5 Å². The van der Waals surface area contributed by atoms with Crippen molar-refractivity contribution in [3.8, 4) is 0 Å². The van der Waals surface area contributed by atoms with Gasteiger partial charge in [0.1, 0.15) is 11.3 Å². The van der Waals surface area contributed by atoms with E-state index in [0.29, 0.717) is 11.3 Å². The maximum atomic E-state index is 14.5. The Morgan fingerprint density at radius 1 is 1.00 bits per heavy atom. The number of hydrogen-bond acceptors (Lipinski definition) is 3. The summed E-state index contributed by atoms with van der Waals surface area (Å²) in [6.07, 6.45) is 4.03. The molecule has 7 heteroatoms. The summed E-state index contributed by atoms with van der Waals surface area (Å²) in [4.78, 5) is 21.0. The van der Waals surface area contributed by atoms with Crippen LogP contribution in [0.1, 0.15) is 39.9 Å². The molecule has 1 amide bonds. The summed E-state index contributed by atoms with van der Waals surface area (Å²) in [5.74, 6) is -2.43. The highest BCUT2D eigenvalue weighted by atomic mass is 19.2. The van der Waals surface area contributed by atoms with Crippen LogP contribution in [0.2, 0.25) is 0 Å². The first kappa shape index (κ1) is 20.4. The van der Waals surface area contributed by atoms with Gasteiger partial charge < -0.3 is 9.72 Å². The minimum Gasteiger partial charge on any atom is -0.321 e. The molecule has 31 heavy (non-hydrogen) atoms. The molecule has 0 aliphatic rings. The van der Waals surface area contributed by atoms with E-state index in [2.05, 4.69) is 15.3 Å². The average molecular weight is 418 g/mol. The van der Waals surface area contributed by atoms with Crippen molar-refractivity contribution >= 4 is 28.9 Å². The van der Waals surface area contributed by atoms with Gasteiger partial charge in [0.05, 0.1) is 11.4 Å². The van der Waals surface area contributed by atoms with E-state index in [4.69, 9.17) is 0 Å². The zero-order valence-corrected chi connectivity index (χ0v) is 17.1. The van der Waals surface area contributed by atoms with Gasteiger partial charge in [-0.2, -0.15) is 0 Å². The molecule has 0 radical (unpaired) electrons. The lowest BCUT2D eigenvalue weighted by molar-refractivity contribution is 0.102. The van der Waals surface area contributed by atoms with Gasteiger partial charge in [-0.15, -0.1) is 0 Å². The summed E-state index contributed by atoms with van der Waals surface area (Å²) in [7, 11) is 0. The van der Waals surface area contributed by atoms with Crippen LogP contribution in [0.5, 0.6) is 0 Å². The number of anilines is 1. The van der Waals surface area contributed by atoms with Crippen LogP contribution in [0.25, 0.3) is 17.3 Å². The first-order valence-corrected chi connectivity index (χ1v) is 9.84. The van der Waals surface area contributed by atoms with Crippen LogP contribution in [0, 0.1) is 6.92 Å². The molecule has 3 aromatic heterocycles. The molecule has 0 fully saturated rings. The fourth-order valence-corrected chi connectivity index (χ4v) is 3.32. The Morgan fingerprint density at radius 3 is 2.42 bits per heavy atom. The maximum Gasteiger partial charge on any atom is 0.255 e. The number of amides is 1. The molecule has 0 aliphatic carbocycles. The summed E-state index contributed by atoms with van der Waals surface area (Å²) in [5.41, 5.74) is 3.72. The lowest BCUT2D eigenvalue weighted by atomic mass is 10.1. The van der Waals surface area contributed by atoms with Gasteiger partial charge in [0.15, 0.2) is 11.7 Å². The quantitative estimate of drug-likeness (QED) is 0.458. The first-order valence-electron chi connectivity index (χ1n) is 9.84. The number of fused-ring (bicyclic) bond motifs is 1. The molecule has 1 aromatic carbocycles. The predicted molar refractivity (Wildman–Crippen MR) is 117 cm³/mol. The van der Waals surface area contributed by atoms with Crippen LogP contribution in [-0.4, -0.2) is 20.3 Å². The van der Waals surface area contributed by atoms with Crippen molar-refractivity contribution in [2.75, 3.05) is 5.32 Å². The second kappa shape index (κ2) is 8.47. The van der Waals surface area contributed by atoms with Crippen LogP contribution in [0.3, 0.4) is 0 Å². The summed E-state index contributed by atoms with van der Waals surface area (Å²) < 4.78 is 30.7. The molecule has 1 N–H and O–H groups in total. The Kier molecular flexibility index (Phi) is 5.58. The Morgan fingerprint density at radius 2 is 1.74 bits per heavy atom. The molecular formula is C24H20F2N4O. The van der Waals surface area contributed by atoms with Crippen molar-refractivity contribution in [2.45, 2.75) is 20.3 Å². The van der Waals surface area contributed by atoms with Crippen molar-refractivity contribution in [3.63, 3.8) is 0 Å². The standard InChI is InChI=1S/C24H20F2N4O/c1-3-19-15(2)30-14-18(11-12-21(30)29-19)28-24(31)17-9-7-16(8-10-17)22(25)23(26)20-6-4-5-13-27-20/h4-14H,3H2,1-2H3,(H,28,31)/b23-22+. The summed E-state index contributed by atoms with van der Waals surface area (Å²) in [6, 6.07) is 13.8. The predicted octanol–water partition coefficient (Wildman–Crippen LogP) is 5.62. The monoisotopic (exact) mass is 418 g/mol. The van der Waals surface area contributed by atoms with E-state index < -0.39 is 11.7 Å². The second-order valence-corrected chi connectivity index (χ2v) is 7.02. The smallest absolute Gasteiger partial charge is 0.255 e. The van der Waals surface area contributed by atoms with Crippen LogP contribution in [-0.2, 0) is 6.42 Å². The van der Waals surface area contributed by atoms with Gasteiger partial charge in [-0.25, -0.2) is 13.8 Å². The number of halogens is 2. The van der Waals surface area contributed by atoms with Gasteiger partial charge in [0, 0.05) is 29.2 Å². The Balaban J connectivity index is 1.53. The minimum absolute atomic E-state index is 0.0299. The van der Waals surface area contributed by atoms with Crippen LogP contribution < -0.4 is 5.32 Å². The highest BCUT2D eigenvalue weighted by Gasteiger charge is 2.14. The third kappa shape index (κ3) is 4.07. The molecule has 0 saturated heterocycles. The Hall–Kier alpha value is -3.87. The van der Waals surface area contributed by atoms with Crippen molar-refractivity contribution in [2.24, 2.45) is 0 Å². The first-order chi connectivity index (χ1) is 15.0. The van der Waals surface area contributed by atoms with E-state index in [1.807, 2.05) is 30.5 Å². The van der Waals surface area contributed by atoms with E-state index >= 15 is 0 Å². The molecule has 4 rings (SSSR count). The molecule has 0 saturated carbocycles. The van der Waals surface area contributed by atoms with Crippen molar-refractivity contribution in [1.82, 2.24) is 14.4 Å². The van der Waals surface area contributed by atoms with E-state index in [0.717, 1.165) is 23.5 Å². The topological polar surface area (TPSA) is 59.3 Å². The third-order valence-corrected chi connectivity index (χ3v) is 5.03. The third-order valence-electron chi connectivity index (χ3n) is 5.03. The number of benzene rings is 1. The van der Waals surface area contributed by atoms with Crippen molar-refractivity contribution in [1.29, 1.82) is 0 Å². The zero-order valence-electron chi connectivity index (χ0n) is 17.1. The average Bonchev–Trinajstić information content (AvgIpc) is 3.14. The molecule has 4 aromatic rings. The molecule has 0 spiro atoms. The van der Waals surface area contributed by atoms with Crippen molar-refractivity contribution < 1.29 is 13.6 Å². The number of imidazole rings is 1. The number of nitrogens with one attached hydrogen (secondary N) is 1. The summed E-state index contributed by atoms with van der Waals surface area (Å²) >= 11 is 0. The number of carbonyl (C=O) groups excluding carboxylic acids is 1. The number of rotatable bonds is 5. The molecule has 156 valence electrons. The highest BCUT2D eigenvalue weighted by Crippen LogP contribution is 2.27. The van der Waals surface area contributed by atoms with Gasteiger partial charge in [0.2, 0.25) is 0 Å². The fraction of sp³-hybridized carbons (Fsp3) is 0.125. The van der Waals surface area contributed by atoms with Gasteiger partial charge in [0.25, 0.3) is 5.91 Å². The molecule has 0 atom stereocenters. The normalized spacial score (nSPS) is 12.0. The summed E-state index contributed by atoms with van der Waals surface area (Å²) in [5, 5.41) is 2.82. The van der Waals surface area contributed by atoms with Gasteiger partial charge >= 0.3 is 0 Å². The van der Waals surface area contributed by atoms with Crippen LogP contribution in [0.15, 0.2) is 67.0 Å². The number of hydrogen-bond donors (Lipinski definition) is 1. The number of pyridine rings is 2. The molecule has 0 unspecified atom stereocenters. The number of nitrogens with zero attached hydrogens (tertiary/aromatic N) is 3.